The van der Waals surface area contributed by atoms with Crippen molar-refractivity contribution >= 4 is 55.9 Å². The summed E-state index contributed by atoms with van der Waals surface area (Å²) in [5, 5.41) is 14.0. The number of amides is 2. The fourth-order valence-electron chi connectivity index (χ4n) is 2.58. The van der Waals surface area contributed by atoms with Crippen LogP contribution >= 0.6 is 27.3 Å². The largest absolute Gasteiger partial charge is 0.457 e. The molecule has 0 spiro atoms. The van der Waals surface area contributed by atoms with Crippen molar-refractivity contribution < 1.29 is 23.9 Å². The first kappa shape index (κ1) is 24.3. The Morgan fingerprint density at radius 2 is 1.58 bits per heavy atom. The monoisotopic (exact) mass is 532 g/mol. The molecule has 1 heterocycles. The molecule has 0 aliphatic carbocycles. The fraction of sp³-hybridized carbons (Fsp3) is 0.227. The normalized spacial score (nSPS) is 10.4. The van der Waals surface area contributed by atoms with Gasteiger partial charge in [-0.25, -0.2) is 0 Å². The zero-order valence-corrected chi connectivity index (χ0v) is 20.1. The van der Waals surface area contributed by atoms with Crippen LogP contribution in [-0.4, -0.2) is 34.6 Å². The van der Waals surface area contributed by atoms with Gasteiger partial charge in [0.05, 0.1) is 0 Å². The Morgan fingerprint density at radius 1 is 0.909 bits per heavy atom. The molecular formula is C22H21BrN4O5S. The Bertz CT molecular complexity index is 1100. The van der Waals surface area contributed by atoms with Gasteiger partial charge in [0.25, 0.3) is 5.91 Å². The van der Waals surface area contributed by atoms with Crippen molar-refractivity contribution in [2.75, 3.05) is 17.2 Å². The van der Waals surface area contributed by atoms with Gasteiger partial charge >= 0.3 is 5.97 Å². The number of esters is 1. The van der Waals surface area contributed by atoms with E-state index in [0.717, 1.165) is 9.48 Å². The maximum absolute atomic E-state index is 12.0. The average molecular weight is 533 g/mol. The van der Waals surface area contributed by atoms with E-state index >= 15 is 0 Å². The van der Waals surface area contributed by atoms with Gasteiger partial charge < -0.3 is 20.1 Å². The molecule has 11 heteroatoms. The number of carbonyl (C=O) groups is 3. The molecule has 2 amide bonds. The highest BCUT2D eigenvalue weighted by Gasteiger charge is 2.11. The number of ether oxygens (including phenoxy) is 2. The van der Waals surface area contributed by atoms with Crippen molar-refractivity contribution in [3.8, 4) is 11.5 Å². The molecule has 0 aliphatic heterocycles. The van der Waals surface area contributed by atoms with Crippen LogP contribution in [0.5, 0.6) is 11.5 Å². The Labute approximate surface area is 202 Å². The van der Waals surface area contributed by atoms with Crippen LogP contribution in [0.2, 0.25) is 0 Å². The summed E-state index contributed by atoms with van der Waals surface area (Å²) in [6.45, 7) is 1.38. The predicted molar refractivity (Wildman–Crippen MR) is 127 cm³/mol. The number of carbonyl (C=O) groups excluding carboxylic acids is 3. The van der Waals surface area contributed by atoms with Gasteiger partial charge in [0.2, 0.25) is 11.0 Å². The molecule has 0 saturated carbocycles. The summed E-state index contributed by atoms with van der Waals surface area (Å²) in [6.07, 6.45) is 0.455. The standard InChI is InChI=1S/C22H21BrN4O5S/c1-14-26-27-22(33-14)25-19(28)3-2-4-21(30)31-13-20(29)24-16-7-11-18(12-8-16)32-17-9-5-15(23)6-10-17/h5-12H,2-4,13H2,1H3,(H,24,29)(H,25,27,28). The minimum Gasteiger partial charge on any atom is -0.457 e. The number of halogens is 1. The van der Waals surface area contributed by atoms with Gasteiger partial charge in [-0.05, 0) is 61.9 Å². The van der Waals surface area contributed by atoms with Crippen molar-refractivity contribution in [2.24, 2.45) is 0 Å². The molecule has 0 aliphatic rings. The molecule has 2 N–H and O–H groups in total. The summed E-state index contributed by atoms with van der Waals surface area (Å²) in [6, 6.07) is 14.2. The third kappa shape index (κ3) is 8.62. The third-order valence-corrected chi connectivity index (χ3v) is 5.39. The molecule has 2 aromatic carbocycles. The number of rotatable bonds is 10. The number of nitrogens with zero attached hydrogens (tertiary/aromatic N) is 2. The summed E-state index contributed by atoms with van der Waals surface area (Å²) in [5.74, 6) is 0.0308. The second kappa shape index (κ2) is 12.1. The second-order valence-electron chi connectivity index (χ2n) is 6.82. The van der Waals surface area contributed by atoms with Crippen molar-refractivity contribution in [1.29, 1.82) is 0 Å². The van der Waals surface area contributed by atoms with Crippen molar-refractivity contribution in [2.45, 2.75) is 26.2 Å². The molecule has 0 bridgehead atoms. The third-order valence-electron chi connectivity index (χ3n) is 4.11. The van der Waals surface area contributed by atoms with Crippen LogP contribution in [0.3, 0.4) is 0 Å². The van der Waals surface area contributed by atoms with Gasteiger partial charge in [-0.1, -0.05) is 27.3 Å². The maximum Gasteiger partial charge on any atom is 0.306 e. The molecule has 0 saturated heterocycles. The van der Waals surface area contributed by atoms with Gasteiger partial charge in [0, 0.05) is 23.0 Å². The van der Waals surface area contributed by atoms with Crippen LogP contribution in [0.1, 0.15) is 24.3 Å². The highest BCUT2D eigenvalue weighted by molar-refractivity contribution is 9.10. The summed E-state index contributed by atoms with van der Waals surface area (Å²) < 4.78 is 11.6. The SMILES string of the molecule is Cc1nnc(NC(=O)CCCC(=O)OCC(=O)Nc2ccc(Oc3ccc(Br)cc3)cc2)s1. The van der Waals surface area contributed by atoms with E-state index in [9.17, 15) is 14.4 Å². The van der Waals surface area contributed by atoms with E-state index in [-0.39, 0.29) is 18.7 Å². The van der Waals surface area contributed by atoms with E-state index < -0.39 is 18.5 Å². The smallest absolute Gasteiger partial charge is 0.306 e. The Morgan fingerprint density at radius 3 is 2.21 bits per heavy atom. The first-order chi connectivity index (χ1) is 15.9. The number of aromatic nitrogens is 2. The van der Waals surface area contributed by atoms with Crippen molar-refractivity contribution in [3.05, 3.63) is 58.0 Å². The van der Waals surface area contributed by atoms with Gasteiger partial charge in [-0.2, -0.15) is 0 Å². The van der Waals surface area contributed by atoms with Crippen LogP contribution in [0.15, 0.2) is 53.0 Å². The van der Waals surface area contributed by atoms with Crippen molar-refractivity contribution in [1.82, 2.24) is 10.2 Å². The molecule has 0 radical (unpaired) electrons. The first-order valence-corrected chi connectivity index (χ1v) is 11.6. The lowest BCUT2D eigenvalue weighted by molar-refractivity contribution is -0.147. The summed E-state index contributed by atoms with van der Waals surface area (Å²) in [5.41, 5.74) is 0.544. The van der Waals surface area contributed by atoms with E-state index in [0.29, 0.717) is 28.7 Å². The topological polar surface area (TPSA) is 120 Å². The molecule has 0 atom stereocenters. The molecule has 33 heavy (non-hydrogen) atoms. The van der Waals surface area contributed by atoms with E-state index in [1.54, 1.807) is 31.2 Å². The first-order valence-electron chi connectivity index (χ1n) is 9.96. The van der Waals surface area contributed by atoms with E-state index in [2.05, 4.69) is 36.8 Å². The van der Waals surface area contributed by atoms with Crippen LogP contribution in [-0.2, 0) is 19.1 Å². The summed E-state index contributed by atoms with van der Waals surface area (Å²) >= 11 is 4.64. The number of nitrogens with one attached hydrogen (secondary N) is 2. The van der Waals surface area contributed by atoms with E-state index in [1.165, 1.54) is 11.3 Å². The Balaban J connectivity index is 1.32. The summed E-state index contributed by atoms with van der Waals surface area (Å²) in [7, 11) is 0. The van der Waals surface area contributed by atoms with Gasteiger partial charge in [-0.3, -0.25) is 14.4 Å². The quantitative estimate of drug-likeness (QED) is 0.363. The minimum absolute atomic E-state index is 0.0257. The summed E-state index contributed by atoms with van der Waals surface area (Å²) in [4.78, 5) is 35.6. The number of aryl methyl sites for hydroxylation is 1. The minimum atomic E-state index is -0.553. The van der Waals surface area contributed by atoms with Crippen molar-refractivity contribution in [3.63, 3.8) is 0 Å². The maximum atomic E-state index is 12.0. The molecule has 9 nitrogen and oxygen atoms in total. The number of hydrogen-bond acceptors (Lipinski definition) is 8. The zero-order valence-electron chi connectivity index (χ0n) is 17.7. The van der Waals surface area contributed by atoms with E-state index in [1.807, 2.05) is 24.3 Å². The Hall–Kier alpha value is -3.31. The zero-order chi connectivity index (χ0) is 23.6. The van der Waals surface area contributed by atoms with E-state index in [4.69, 9.17) is 9.47 Å². The fourth-order valence-corrected chi connectivity index (χ4v) is 3.45. The lowest BCUT2D eigenvalue weighted by Gasteiger charge is -2.09. The highest BCUT2D eigenvalue weighted by Crippen LogP contribution is 2.24. The van der Waals surface area contributed by atoms with Crippen LogP contribution in [0, 0.1) is 6.92 Å². The molecule has 172 valence electrons. The lowest BCUT2D eigenvalue weighted by atomic mass is 10.2. The Kier molecular flexibility index (Phi) is 8.90. The highest BCUT2D eigenvalue weighted by atomic mass is 79.9. The van der Waals surface area contributed by atoms with Crippen LogP contribution < -0.4 is 15.4 Å². The molecule has 1 aromatic heterocycles. The lowest BCUT2D eigenvalue weighted by Crippen LogP contribution is -2.21. The molecule has 3 rings (SSSR count). The number of hydrogen-bond donors (Lipinski definition) is 2. The van der Waals surface area contributed by atoms with Gasteiger partial charge in [-0.15, -0.1) is 10.2 Å². The second-order valence-corrected chi connectivity index (χ2v) is 8.91. The average Bonchev–Trinajstić information content (AvgIpc) is 3.19. The van der Waals surface area contributed by atoms with Gasteiger partial charge in [0.15, 0.2) is 6.61 Å². The molecule has 3 aromatic rings. The van der Waals surface area contributed by atoms with Crippen LogP contribution in [0.25, 0.3) is 0 Å². The number of anilines is 2. The van der Waals surface area contributed by atoms with Crippen LogP contribution in [0.4, 0.5) is 10.8 Å². The molecular weight excluding hydrogens is 512 g/mol. The number of benzene rings is 2. The molecule has 0 unspecified atom stereocenters. The molecule has 0 fully saturated rings. The predicted octanol–water partition coefficient (Wildman–Crippen LogP) is 4.69. The van der Waals surface area contributed by atoms with Gasteiger partial charge in [0.1, 0.15) is 16.5 Å².